The molecule has 11 heteroatoms. The number of nitrogens with one attached hydrogen (secondary N) is 3. The van der Waals surface area contributed by atoms with Gasteiger partial charge in [0, 0.05) is 0 Å². The van der Waals surface area contributed by atoms with Crippen LogP contribution in [0.3, 0.4) is 0 Å². The van der Waals surface area contributed by atoms with Gasteiger partial charge in [-0.15, -0.1) is 0 Å². The van der Waals surface area contributed by atoms with Crippen molar-refractivity contribution in [2.24, 2.45) is 0 Å². The first-order valence-corrected chi connectivity index (χ1v) is 9.88. The lowest BCUT2D eigenvalue weighted by Crippen LogP contribution is -2.51. The lowest BCUT2D eigenvalue weighted by atomic mass is 10.1. The second-order valence-electron chi connectivity index (χ2n) is 6.15. The maximum atomic E-state index is 12.2. The van der Waals surface area contributed by atoms with E-state index in [1.807, 2.05) is 10.6 Å². The Kier molecular flexibility index (Phi) is 6.93. The minimum absolute atomic E-state index is 0.242. The van der Waals surface area contributed by atoms with E-state index in [4.69, 9.17) is 21.1 Å². The number of hydrogen-bond donors (Lipinski definition) is 3. The van der Waals surface area contributed by atoms with Crippen molar-refractivity contribution in [2.75, 3.05) is 19.0 Å². The van der Waals surface area contributed by atoms with E-state index < -0.39 is 23.8 Å². The fourth-order valence-electron chi connectivity index (χ4n) is 2.62. The van der Waals surface area contributed by atoms with Crippen LogP contribution in [-0.4, -0.2) is 37.5 Å². The van der Waals surface area contributed by atoms with Crippen LogP contribution in [0.2, 0.25) is 5.02 Å². The Morgan fingerprint density at radius 3 is 2.48 bits per heavy atom. The third-order valence-electron chi connectivity index (χ3n) is 4.00. The molecule has 1 saturated heterocycles. The molecular formula is C20H15BrClN3O6. The molecule has 0 spiro atoms. The Bertz CT molecular complexity index is 1100. The van der Waals surface area contributed by atoms with Gasteiger partial charge in [-0.1, -0.05) is 23.7 Å². The van der Waals surface area contributed by atoms with Gasteiger partial charge in [0.1, 0.15) is 5.57 Å². The molecule has 5 amide bonds. The van der Waals surface area contributed by atoms with Crippen LogP contribution in [0.5, 0.6) is 11.5 Å². The van der Waals surface area contributed by atoms with Gasteiger partial charge >= 0.3 is 6.03 Å². The molecule has 0 saturated carbocycles. The van der Waals surface area contributed by atoms with Crippen LogP contribution in [0.4, 0.5) is 10.5 Å². The molecule has 0 radical (unpaired) electrons. The van der Waals surface area contributed by atoms with Crippen LogP contribution in [0, 0.1) is 0 Å². The van der Waals surface area contributed by atoms with Crippen molar-refractivity contribution in [1.82, 2.24) is 10.6 Å². The molecule has 1 aliphatic rings. The fourth-order valence-corrected chi connectivity index (χ4v) is 3.38. The summed E-state index contributed by atoms with van der Waals surface area (Å²) in [6.45, 7) is -0.326. The van der Waals surface area contributed by atoms with Gasteiger partial charge in [0.2, 0.25) is 0 Å². The van der Waals surface area contributed by atoms with E-state index >= 15 is 0 Å². The number of hydrogen-bond acceptors (Lipinski definition) is 6. The third-order valence-corrected chi connectivity index (χ3v) is 4.92. The predicted octanol–water partition coefficient (Wildman–Crippen LogP) is 2.88. The lowest BCUT2D eigenvalue weighted by molar-refractivity contribution is -0.124. The molecule has 0 unspecified atom stereocenters. The van der Waals surface area contributed by atoms with Gasteiger partial charge in [0.25, 0.3) is 17.7 Å². The number of amides is 5. The molecule has 160 valence electrons. The van der Waals surface area contributed by atoms with Crippen molar-refractivity contribution in [1.29, 1.82) is 0 Å². The summed E-state index contributed by atoms with van der Waals surface area (Å²) < 4.78 is 11.3. The summed E-state index contributed by atoms with van der Waals surface area (Å²) in [6, 6.07) is 8.97. The summed E-state index contributed by atoms with van der Waals surface area (Å²) in [5, 5.41) is 7.01. The van der Waals surface area contributed by atoms with Crippen LogP contribution in [0.15, 0.2) is 46.4 Å². The number of anilines is 1. The highest BCUT2D eigenvalue weighted by Crippen LogP contribution is 2.37. The highest BCUT2D eigenvalue weighted by atomic mass is 79.9. The molecule has 2 aromatic carbocycles. The second-order valence-corrected chi connectivity index (χ2v) is 7.41. The first-order chi connectivity index (χ1) is 14.8. The maximum Gasteiger partial charge on any atom is 0.328 e. The zero-order valence-corrected chi connectivity index (χ0v) is 18.3. The summed E-state index contributed by atoms with van der Waals surface area (Å²) in [5.74, 6) is -1.58. The van der Waals surface area contributed by atoms with Gasteiger partial charge < -0.3 is 14.8 Å². The Morgan fingerprint density at radius 2 is 1.84 bits per heavy atom. The molecule has 1 heterocycles. The van der Waals surface area contributed by atoms with Crippen LogP contribution < -0.4 is 25.4 Å². The molecule has 0 aromatic heterocycles. The first-order valence-electron chi connectivity index (χ1n) is 8.71. The number of carbonyl (C=O) groups excluding carboxylic acids is 4. The van der Waals surface area contributed by atoms with Crippen LogP contribution in [-0.2, 0) is 14.4 Å². The highest BCUT2D eigenvalue weighted by molar-refractivity contribution is 9.10. The first kappa shape index (κ1) is 22.3. The number of benzene rings is 2. The molecule has 0 aliphatic carbocycles. The number of barbiturate groups is 1. The number of urea groups is 1. The molecule has 1 aliphatic heterocycles. The van der Waals surface area contributed by atoms with Gasteiger partial charge in [-0.25, -0.2) is 4.79 Å². The van der Waals surface area contributed by atoms with Gasteiger partial charge in [-0.05, 0) is 51.8 Å². The van der Waals surface area contributed by atoms with E-state index in [2.05, 4.69) is 21.2 Å². The number of carbonyl (C=O) groups is 4. The van der Waals surface area contributed by atoms with Crippen LogP contribution in [0.1, 0.15) is 5.56 Å². The minimum Gasteiger partial charge on any atom is -0.493 e. The number of halogens is 2. The summed E-state index contributed by atoms with van der Waals surface area (Å²) >= 11 is 9.35. The van der Waals surface area contributed by atoms with Gasteiger partial charge in [0.05, 0.1) is 22.3 Å². The van der Waals surface area contributed by atoms with E-state index in [0.29, 0.717) is 20.7 Å². The molecule has 31 heavy (non-hydrogen) atoms. The summed E-state index contributed by atoms with van der Waals surface area (Å²) in [5.41, 5.74) is 0.626. The number of imide groups is 2. The average molecular weight is 509 g/mol. The largest absolute Gasteiger partial charge is 0.493 e. The van der Waals surface area contributed by atoms with Crippen molar-refractivity contribution >= 4 is 63.0 Å². The molecular weight excluding hydrogens is 494 g/mol. The minimum atomic E-state index is -0.885. The Hall–Kier alpha value is -3.37. The van der Waals surface area contributed by atoms with Gasteiger partial charge in [0.15, 0.2) is 18.1 Å². The molecule has 2 aromatic rings. The maximum absolute atomic E-state index is 12.2. The summed E-state index contributed by atoms with van der Waals surface area (Å²) in [6.07, 6.45) is 1.29. The van der Waals surface area contributed by atoms with E-state index in [1.165, 1.54) is 19.3 Å². The Labute approximate surface area is 189 Å². The van der Waals surface area contributed by atoms with E-state index in [-0.39, 0.29) is 23.7 Å². The van der Waals surface area contributed by atoms with Crippen molar-refractivity contribution < 1.29 is 28.7 Å². The van der Waals surface area contributed by atoms with E-state index in [1.54, 1.807) is 30.3 Å². The predicted molar refractivity (Wildman–Crippen MR) is 116 cm³/mol. The molecule has 0 atom stereocenters. The van der Waals surface area contributed by atoms with Crippen LogP contribution in [0.25, 0.3) is 6.08 Å². The molecule has 3 rings (SSSR count). The topological polar surface area (TPSA) is 123 Å². The van der Waals surface area contributed by atoms with Crippen molar-refractivity contribution in [3.63, 3.8) is 0 Å². The molecule has 9 nitrogen and oxygen atoms in total. The van der Waals surface area contributed by atoms with E-state index in [9.17, 15) is 19.2 Å². The number of rotatable bonds is 6. The number of methoxy groups -OCH3 is 1. The third kappa shape index (κ3) is 5.41. The molecule has 3 N–H and O–H groups in total. The van der Waals surface area contributed by atoms with Crippen molar-refractivity contribution in [2.45, 2.75) is 0 Å². The zero-order valence-electron chi connectivity index (χ0n) is 16.0. The van der Waals surface area contributed by atoms with Crippen LogP contribution >= 0.6 is 27.5 Å². The normalized spacial score (nSPS) is 13.3. The quantitative estimate of drug-likeness (QED) is 0.407. The molecule has 0 bridgehead atoms. The molecule has 1 fully saturated rings. The second kappa shape index (κ2) is 9.63. The monoisotopic (exact) mass is 507 g/mol. The number of para-hydroxylation sites is 1. The van der Waals surface area contributed by atoms with Gasteiger partial charge in [-0.2, -0.15) is 0 Å². The number of ether oxygens (including phenoxy) is 2. The zero-order chi connectivity index (χ0) is 22.5. The summed E-state index contributed by atoms with van der Waals surface area (Å²) in [4.78, 5) is 47.2. The Morgan fingerprint density at radius 1 is 1.16 bits per heavy atom. The van der Waals surface area contributed by atoms with Crippen molar-refractivity contribution in [3.05, 3.63) is 57.0 Å². The fraction of sp³-hybridized carbons (Fsp3) is 0.100. The standard InChI is InChI=1S/C20H15BrClN3O6/c1-30-15-8-10(6-11-18(27)24-20(29)25-19(11)28)7-12(21)17(15)31-9-16(26)23-14-5-3-2-4-13(14)22/h2-8H,9H2,1H3,(H,23,26)(H2,24,25,27,28,29). The average Bonchev–Trinajstić information content (AvgIpc) is 2.71. The lowest BCUT2D eigenvalue weighted by Gasteiger charge is -2.16. The van der Waals surface area contributed by atoms with E-state index in [0.717, 1.165) is 0 Å². The SMILES string of the molecule is COc1cc(C=C2C(=O)NC(=O)NC2=O)cc(Br)c1OCC(=O)Nc1ccccc1Cl. The van der Waals surface area contributed by atoms with Gasteiger partial charge in [-0.3, -0.25) is 25.0 Å². The smallest absolute Gasteiger partial charge is 0.328 e. The Balaban J connectivity index is 1.77. The summed E-state index contributed by atoms with van der Waals surface area (Å²) in [7, 11) is 1.40. The highest BCUT2D eigenvalue weighted by Gasteiger charge is 2.28. The van der Waals surface area contributed by atoms with Crippen molar-refractivity contribution in [3.8, 4) is 11.5 Å².